The molecule has 8 nitrogen and oxygen atoms in total. The molecule has 4 heterocycles. The van der Waals surface area contributed by atoms with Gasteiger partial charge in [-0.3, -0.25) is 4.79 Å². The summed E-state index contributed by atoms with van der Waals surface area (Å²) in [5.74, 6) is 0.541. The Labute approximate surface area is 191 Å². The van der Waals surface area contributed by atoms with E-state index < -0.39 is 5.95 Å². The van der Waals surface area contributed by atoms with Crippen molar-refractivity contribution in [2.75, 3.05) is 36.9 Å². The van der Waals surface area contributed by atoms with Crippen LogP contribution < -0.4 is 16.0 Å². The van der Waals surface area contributed by atoms with Crippen molar-refractivity contribution >= 4 is 29.1 Å². The van der Waals surface area contributed by atoms with Gasteiger partial charge in [0.05, 0.1) is 35.2 Å². The molecule has 0 radical (unpaired) electrons. The number of aromatic nitrogens is 3. The molecule has 4 rings (SSSR count). The highest BCUT2D eigenvalue weighted by molar-refractivity contribution is 6.33. The Morgan fingerprint density at radius 3 is 3.00 bits per heavy atom. The Hall–Kier alpha value is -2.78. The number of amides is 1. The first-order valence-electron chi connectivity index (χ1n) is 10.7. The van der Waals surface area contributed by atoms with E-state index in [9.17, 15) is 9.18 Å². The predicted octanol–water partition coefficient (Wildman–Crippen LogP) is 3.62. The smallest absolute Gasteiger partial charge is 0.255 e. The lowest BCUT2D eigenvalue weighted by Crippen LogP contribution is -2.37. The third kappa shape index (κ3) is 5.52. The second kappa shape index (κ2) is 10.2. The maximum absolute atomic E-state index is 14.3. The number of ether oxygens (including phenoxy) is 1. The van der Waals surface area contributed by atoms with E-state index in [0.29, 0.717) is 41.8 Å². The lowest BCUT2D eigenvalue weighted by Gasteiger charge is -2.24. The van der Waals surface area contributed by atoms with Crippen LogP contribution in [0.2, 0.25) is 5.02 Å². The normalized spacial score (nSPS) is 21.0. The van der Waals surface area contributed by atoms with Crippen molar-refractivity contribution in [1.82, 2.24) is 20.3 Å². The molecule has 32 heavy (non-hydrogen) atoms. The number of carbonyl (C=O) groups is 1. The number of rotatable bonds is 6. The van der Waals surface area contributed by atoms with Gasteiger partial charge >= 0.3 is 0 Å². The number of hydrogen-bond acceptors (Lipinski definition) is 7. The molecule has 0 aliphatic carbocycles. The minimum atomic E-state index is -0.692. The minimum absolute atomic E-state index is 0.0475. The maximum atomic E-state index is 14.3. The van der Waals surface area contributed by atoms with E-state index in [2.05, 4.69) is 37.5 Å². The van der Waals surface area contributed by atoms with Crippen molar-refractivity contribution < 1.29 is 13.9 Å². The Kier molecular flexibility index (Phi) is 7.16. The largest absolute Gasteiger partial charge is 0.499 e. The van der Waals surface area contributed by atoms with E-state index >= 15 is 0 Å². The van der Waals surface area contributed by atoms with Gasteiger partial charge in [-0.05, 0) is 37.8 Å². The number of hydrogen-bond donors (Lipinski definition) is 3. The number of anilines is 2. The first-order chi connectivity index (χ1) is 15.5. The molecular weight excluding hydrogens is 435 g/mol. The van der Waals surface area contributed by atoms with Gasteiger partial charge in [0.15, 0.2) is 5.82 Å². The number of carbonyl (C=O) groups excluding carboxylic acids is 1. The van der Waals surface area contributed by atoms with Crippen molar-refractivity contribution in [2.24, 2.45) is 11.8 Å². The van der Waals surface area contributed by atoms with Crippen LogP contribution >= 0.6 is 11.6 Å². The zero-order valence-corrected chi connectivity index (χ0v) is 18.4. The monoisotopic (exact) mass is 460 g/mol. The van der Waals surface area contributed by atoms with Gasteiger partial charge in [-0.25, -0.2) is 15.0 Å². The van der Waals surface area contributed by atoms with Crippen LogP contribution in [0.5, 0.6) is 0 Å². The van der Waals surface area contributed by atoms with Gasteiger partial charge < -0.3 is 20.7 Å². The Bertz CT molecular complexity index is 998. The van der Waals surface area contributed by atoms with Crippen molar-refractivity contribution in [3.63, 3.8) is 0 Å². The molecule has 2 fully saturated rings. The number of halogens is 2. The molecule has 0 unspecified atom stereocenters. The SMILES string of the molecule is C=C1C[C@H](CNc2nc(-c3cc(NC(=O)[C@@H]4CCCNC4)ncc3Cl)cnc2F)CCO1. The highest BCUT2D eigenvalue weighted by Gasteiger charge is 2.22. The molecule has 1 amide bonds. The molecule has 2 aromatic heterocycles. The van der Waals surface area contributed by atoms with Crippen LogP contribution in [0.4, 0.5) is 16.0 Å². The topological polar surface area (TPSA) is 101 Å². The number of pyridine rings is 1. The summed E-state index contributed by atoms with van der Waals surface area (Å²) in [5.41, 5.74) is 0.890. The molecular formula is C22H26ClFN6O2. The quantitative estimate of drug-likeness (QED) is 0.605. The van der Waals surface area contributed by atoms with E-state index in [4.69, 9.17) is 16.3 Å². The Balaban J connectivity index is 1.48. The molecule has 2 aliphatic heterocycles. The van der Waals surface area contributed by atoms with Gasteiger partial charge in [0.25, 0.3) is 5.95 Å². The molecule has 0 spiro atoms. The molecule has 2 aliphatic rings. The fraction of sp³-hybridized carbons (Fsp3) is 0.455. The highest BCUT2D eigenvalue weighted by atomic mass is 35.5. The molecule has 2 aromatic rings. The van der Waals surface area contributed by atoms with E-state index in [-0.39, 0.29) is 23.6 Å². The van der Waals surface area contributed by atoms with Gasteiger partial charge in [-0.15, -0.1) is 0 Å². The number of piperidine rings is 1. The first kappa shape index (κ1) is 22.4. The third-order valence-electron chi connectivity index (χ3n) is 5.68. The van der Waals surface area contributed by atoms with Crippen LogP contribution in [-0.2, 0) is 9.53 Å². The average molecular weight is 461 g/mol. The van der Waals surface area contributed by atoms with E-state index in [1.165, 1.54) is 12.4 Å². The molecule has 0 saturated carbocycles. The van der Waals surface area contributed by atoms with Crippen molar-refractivity contribution in [2.45, 2.75) is 25.7 Å². The van der Waals surface area contributed by atoms with Crippen LogP contribution in [0, 0.1) is 17.8 Å². The van der Waals surface area contributed by atoms with Crippen LogP contribution in [0.15, 0.2) is 30.8 Å². The summed E-state index contributed by atoms with van der Waals surface area (Å²) in [6.07, 6.45) is 6.12. The summed E-state index contributed by atoms with van der Waals surface area (Å²) in [5, 5.41) is 9.43. The average Bonchev–Trinajstić information content (AvgIpc) is 2.80. The standard InChI is InChI=1S/C22H26ClFN6O2/c1-13-7-14(4-6-32-13)9-28-21-20(24)27-12-18(29-21)16-8-19(26-11-17(16)23)30-22(31)15-3-2-5-25-10-15/h8,11-12,14-15,25H,1-7,9-10H2,(H,28,29)(H,26,30,31)/t14-,15-/m1/s1. The van der Waals surface area contributed by atoms with Crippen LogP contribution in [0.25, 0.3) is 11.3 Å². The zero-order chi connectivity index (χ0) is 22.5. The summed E-state index contributed by atoms with van der Waals surface area (Å²) in [6, 6.07) is 1.63. The second-order valence-electron chi connectivity index (χ2n) is 8.10. The van der Waals surface area contributed by atoms with Crippen LogP contribution in [0.1, 0.15) is 25.7 Å². The van der Waals surface area contributed by atoms with Crippen LogP contribution in [-0.4, -0.2) is 47.1 Å². The molecule has 0 aromatic carbocycles. The van der Waals surface area contributed by atoms with E-state index in [0.717, 1.165) is 38.0 Å². The summed E-state index contributed by atoms with van der Waals surface area (Å²) >= 11 is 6.33. The maximum Gasteiger partial charge on any atom is 0.255 e. The number of nitrogens with one attached hydrogen (secondary N) is 3. The Morgan fingerprint density at radius 2 is 2.22 bits per heavy atom. The van der Waals surface area contributed by atoms with Crippen LogP contribution in [0.3, 0.4) is 0 Å². The lowest BCUT2D eigenvalue weighted by molar-refractivity contribution is -0.120. The fourth-order valence-electron chi connectivity index (χ4n) is 3.89. The fourth-order valence-corrected chi connectivity index (χ4v) is 4.09. The minimum Gasteiger partial charge on any atom is -0.499 e. The van der Waals surface area contributed by atoms with Gasteiger partial charge in [-0.2, -0.15) is 4.39 Å². The second-order valence-corrected chi connectivity index (χ2v) is 8.51. The molecule has 2 atom stereocenters. The summed E-state index contributed by atoms with van der Waals surface area (Å²) in [4.78, 5) is 24.9. The van der Waals surface area contributed by atoms with E-state index in [1.54, 1.807) is 6.07 Å². The predicted molar refractivity (Wildman–Crippen MR) is 121 cm³/mol. The number of nitrogens with zero attached hydrogens (tertiary/aromatic N) is 3. The summed E-state index contributed by atoms with van der Waals surface area (Å²) in [6.45, 7) is 6.56. The molecule has 2 saturated heterocycles. The molecule has 3 N–H and O–H groups in total. The highest BCUT2D eigenvalue weighted by Crippen LogP contribution is 2.29. The first-order valence-corrected chi connectivity index (χ1v) is 11.1. The molecule has 10 heteroatoms. The van der Waals surface area contributed by atoms with Gasteiger partial charge in [0.1, 0.15) is 5.82 Å². The van der Waals surface area contributed by atoms with Gasteiger partial charge in [0.2, 0.25) is 5.91 Å². The lowest BCUT2D eigenvalue weighted by atomic mass is 9.99. The van der Waals surface area contributed by atoms with Crippen molar-refractivity contribution in [1.29, 1.82) is 0 Å². The summed E-state index contributed by atoms with van der Waals surface area (Å²) < 4.78 is 19.7. The summed E-state index contributed by atoms with van der Waals surface area (Å²) in [7, 11) is 0. The Morgan fingerprint density at radius 1 is 1.34 bits per heavy atom. The van der Waals surface area contributed by atoms with Crippen molar-refractivity contribution in [3.05, 3.63) is 41.8 Å². The van der Waals surface area contributed by atoms with Gasteiger partial charge in [0, 0.05) is 31.3 Å². The number of allylic oxidation sites excluding steroid dienone is 1. The zero-order valence-electron chi connectivity index (χ0n) is 17.7. The molecule has 170 valence electrons. The van der Waals surface area contributed by atoms with Crippen molar-refractivity contribution in [3.8, 4) is 11.3 Å². The van der Waals surface area contributed by atoms with E-state index in [1.807, 2.05) is 0 Å². The molecule has 0 bridgehead atoms. The third-order valence-corrected chi connectivity index (χ3v) is 5.99. The van der Waals surface area contributed by atoms with Gasteiger partial charge in [-0.1, -0.05) is 18.2 Å².